The summed E-state index contributed by atoms with van der Waals surface area (Å²) in [4.78, 5) is 0. The molecule has 0 heterocycles. The minimum Gasteiger partial charge on any atom is -0.0616 e. The van der Waals surface area contributed by atoms with Crippen LogP contribution in [0.15, 0.2) is 146 Å². The predicted molar refractivity (Wildman–Crippen MR) is 309 cm³/mol. The molecule has 0 N–H and O–H groups in total. The number of hydrogen-bond acceptors (Lipinski definition) is 0. The van der Waals surface area contributed by atoms with Gasteiger partial charge in [0.25, 0.3) is 0 Å². The summed E-state index contributed by atoms with van der Waals surface area (Å²) in [6.07, 6.45) is 14.2. The molecule has 346 valence electrons. The van der Waals surface area contributed by atoms with Crippen molar-refractivity contribution < 1.29 is 0 Å². The van der Waals surface area contributed by atoms with Crippen molar-refractivity contribution in [2.24, 2.45) is 0 Å². The molecule has 9 aromatic carbocycles. The summed E-state index contributed by atoms with van der Waals surface area (Å²) >= 11 is 0. The Labute approximate surface area is 418 Å². The highest BCUT2D eigenvalue weighted by Gasteiger charge is 2.20. The molecule has 0 fully saturated rings. The van der Waals surface area contributed by atoms with E-state index in [0.717, 1.165) is 0 Å². The van der Waals surface area contributed by atoms with Crippen LogP contribution in [0.3, 0.4) is 0 Å². The SMILES string of the molecule is Cc1cc(C)c(C(=Cc2ccccc2/C=C\c2c3ccccc3c(/C=C\c3ccccc3C=C(c3c(C)cc(C)cc3C)c3c(C)cc(C)cc3C)c3ccccc23)c2c(C)cc(C)cc2C)c(C)c1. The second kappa shape index (κ2) is 19.8. The van der Waals surface area contributed by atoms with Gasteiger partial charge in [-0.25, -0.2) is 0 Å². The third-order valence-corrected chi connectivity index (χ3v) is 14.3. The van der Waals surface area contributed by atoms with Gasteiger partial charge >= 0.3 is 0 Å². The lowest BCUT2D eigenvalue weighted by atomic mass is 9.83. The monoisotopic (exact) mass is 907 g/mol. The van der Waals surface area contributed by atoms with E-state index in [1.165, 1.54) is 155 Å². The summed E-state index contributed by atoms with van der Waals surface area (Å²) in [5, 5.41) is 4.92. The molecule has 0 amide bonds. The highest BCUT2D eigenvalue weighted by atomic mass is 14.2. The molecule has 0 bridgehead atoms. The van der Waals surface area contributed by atoms with Crippen molar-refractivity contribution in [3.05, 3.63) is 268 Å². The Balaban J connectivity index is 1.18. The van der Waals surface area contributed by atoms with Gasteiger partial charge in [-0.3, -0.25) is 0 Å². The molecule has 0 saturated heterocycles. The van der Waals surface area contributed by atoms with E-state index in [1.54, 1.807) is 0 Å². The van der Waals surface area contributed by atoms with E-state index < -0.39 is 0 Å². The highest BCUT2D eigenvalue weighted by molar-refractivity contribution is 6.14. The molecule has 0 spiro atoms. The van der Waals surface area contributed by atoms with E-state index in [1.807, 2.05) is 0 Å². The number of fused-ring (bicyclic) bond motifs is 2. The maximum atomic E-state index is 2.43. The van der Waals surface area contributed by atoms with Gasteiger partial charge in [0.2, 0.25) is 0 Å². The van der Waals surface area contributed by atoms with E-state index in [-0.39, 0.29) is 0 Å². The molecular formula is C70H66. The molecule has 0 aromatic heterocycles. The molecule has 9 aromatic rings. The summed E-state index contributed by atoms with van der Waals surface area (Å²) < 4.78 is 0. The van der Waals surface area contributed by atoms with E-state index in [9.17, 15) is 0 Å². The van der Waals surface area contributed by atoms with Gasteiger partial charge in [-0.1, -0.05) is 192 Å². The van der Waals surface area contributed by atoms with Gasteiger partial charge in [0, 0.05) is 0 Å². The third kappa shape index (κ3) is 9.44. The summed E-state index contributed by atoms with van der Waals surface area (Å²) in [5.74, 6) is 0. The van der Waals surface area contributed by atoms with Crippen molar-refractivity contribution >= 4 is 69.1 Å². The van der Waals surface area contributed by atoms with Crippen LogP contribution < -0.4 is 0 Å². The maximum absolute atomic E-state index is 2.43. The van der Waals surface area contributed by atoms with Crippen molar-refractivity contribution in [1.82, 2.24) is 0 Å². The first kappa shape index (κ1) is 47.5. The topological polar surface area (TPSA) is 0 Å². The largest absolute Gasteiger partial charge is 0.0616 e. The van der Waals surface area contributed by atoms with Crippen LogP contribution in [0.5, 0.6) is 0 Å². The third-order valence-electron chi connectivity index (χ3n) is 14.3. The average Bonchev–Trinajstić information content (AvgIpc) is 3.29. The zero-order valence-corrected chi connectivity index (χ0v) is 43.3. The molecular weight excluding hydrogens is 841 g/mol. The first-order valence-electron chi connectivity index (χ1n) is 24.9. The molecule has 9 rings (SSSR count). The first-order valence-corrected chi connectivity index (χ1v) is 24.9. The standard InChI is InChI=1S/C70H66/c1-43-33-47(5)67(48(6)34-43)65(68-49(7)35-44(2)36-50(68)8)41-57-23-15-13-21-55(57)29-31-63-59-25-17-19-27-61(59)64(62-28-20-18-26-60(62)63)32-30-56-22-14-16-24-58(56)42-66(69-51(9)37-45(3)38-52(69)10)70-53(11)39-46(4)40-54(70)12/h13-42H,1-12H3/b31-29-,32-30-. The van der Waals surface area contributed by atoms with E-state index in [2.05, 4.69) is 265 Å². The summed E-state index contributed by atoms with van der Waals surface area (Å²) in [5.41, 5.74) is 30.5. The minimum absolute atomic E-state index is 1.18. The van der Waals surface area contributed by atoms with Crippen LogP contribution in [0.4, 0.5) is 0 Å². The molecule has 0 aliphatic carbocycles. The number of aryl methyl sites for hydroxylation is 12. The molecule has 0 nitrogen and oxygen atoms in total. The Hall–Kier alpha value is -7.54. The summed E-state index contributed by atoms with van der Waals surface area (Å²) in [6, 6.07) is 54.1. The minimum atomic E-state index is 1.18. The Kier molecular flexibility index (Phi) is 13.5. The van der Waals surface area contributed by atoms with Gasteiger partial charge in [0.05, 0.1) is 0 Å². The van der Waals surface area contributed by atoms with Gasteiger partial charge in [-0.2, -0.15) is 0 Å². The summed E-state index contributed by atoms with van der Waals surface area (Å²) in [6.45, 7) is 26.9. The van der Waals surface area contributed by atoms with Crippen molar-refractivity contribution in [2.75, 3.05) is 0 Å². The molecule has 0 aliphatic heterocycles. The molecule has 0 heteroatoms. The van der Waals surface area contributed by atoms with Crippen molar-refractivity contribution in [3.8, 4) is 0 Å². The van der Waals surface area contributed by atoms with Gasteiger partial charge in [-0.15, -0.1) is 0 Å². The van der Waals surface area contributed by atoms with Crippen LogP contribution in [-0.2, 0) is 0 Å². The molecule has 0 unspecified atom stereocenters. The molecule has 0 saturated carbocycles. The lowest BCUT2D eigenvalue weighted by molar-refractivity contribution is 1.25. The lowest BCUT2D eigenvalue weighted by Crippen LogP contribution is -2.01. The maximum Gasteiger partial charge on any atom is -0.00946 e. The number of hydrogen-bond donors (Lipinski definition) is 0. The Morgan fingerprint density at radius 1 is 0.257 bits per heavy atom. The first-order chi connectivity index (χ1) is 33.7. The second-order valence-electron chi connectivity index (χ2n) is 20.1. The average molecular weight is 907 g/mol. The normalized spacial score (nSPS) is 11.6. The highest BCUT2D eigenvalue weighted by Crippen LogP contribution is 2.40. The molecule has 0 atom stereocenters. The van der Waals surface area contributed by atoms with Crippen LogP contribution >= 0.6 is 0 Å². The quantitative estimate of drug-likeness (QED) is 0.0947. The number of benzene rings is 9. The fourth-order valence-electron chi connectivity index (χ4n) is 11.8. The lowest BCUT2D eigenvalue weighted by Gasteiger charge is -2.21. The van der Waals surface area contributed by atoms with Crippen LogP contribution in [0.1, 0.15) is 122 Å². The Morgan fingerprint density at radius 3 is 0.714 bits per heavy atom. The number of rotatable bonds is 10. The van der Waals surface area contributed by atoms with Gasteiger partial charge in [0.1, 0.15) is 0 Å². The van der Waals surface area contributed by atoms with Crippen LogP contribution in [0.25, 0.3) is 69.1 Å². The zero-order valence-electron chi connectivity index (χ0n) is 43.3. The van der Waals surface area contributed by atoms with Crippen molar-refractivity contribution in [2.45, 2.75) is 83.1 Å². The van der Waals surface area contributed by atoms with Crippen molar-refractivity contribution in [3.63, 3.8) is 0 Å². The van der Waals surface area contributed by atoms with E-state index in [0.29, 0.717) is 0 Å². The Morgan fingerprint density at radius 2 is 0.471 bits per heavy atom. The molecule has 70 heavy (non-hydrogen) atoms. The summed E-state index contributed by atoms with van der Waals surface area (Å²) in [7, 11) is 0. The second-order valence-corrected chi connectivity index (χ2v) is 20.1. The van der Waals surface area contributed by atoms with Gasteiger partial charge in [0.15, 0.2) is 0 Å². The zero-order chi connectivity index (χ0) is 49.4. The van der Waals surface area contributed by atoms with Gasteiger partial charge in [-0.05, 0) is 228 Å². The van der Waals surface area contributed by atoms with Crippen LogP contribution in [-0.4, -0.2) is 0 Å². The van der Waals surface area contributed by atoms with Gasteiger partial charge < -0.3 is 0 Å². The fourth-order valence-corrected chi connectivity index (χ4v) is 11.8. The molecule has 0 aliphatic rings. The van der Waals surface area contributed by atoms with E-state index >= 15 is 0 Å². The van der Waals surface area contributed by atoms with Crippen LogP contribution in [0.2, 0.25) is 0 Å². The smallest absolute Gasteiger partial charge is 0.00946 e. The Bertz CT molecular complexity index is 3140. The predicted octanol–water partition coefficient (Wildman–Crippen LogP) is 19.2. The fraction of sp³-hybridized carbons (Fsp3) is 0.171. The van der Waals surface area contributed by atoms with E-state index in [4.69, 9.17) is 0 Å². The van der Waals surface area contributed by atoms with Crippen molar-refractivity contribution in [1.29, 1.82) is 0 Å². The van der Waals surface area contributed by atoms with Crippen LogP contribution in [0, 0.1) is 83.1 Å². The molecule has 0 radical (unpaired) electrons.